The van der Waals surface area contributed by atoms with E-state index in [1.165, 1.54) is 11.3 Å². The fourth-order valence-electron chi connectivity index (χ4n) is 1.38. The van der Waals surface area contributed by atoms with E-state index in [1.54, 1.807) is 12.3 Å². The van der Waals surface area contributed by atoms with Crippen molar-refractivity contribution in [3.63, 3.8) is 0 Å². The van der Waals surface area contributed by atoms with Gasteiger partial charge in [-0.3, -0.25) is 4.79 Å². The van der Waals surface area contributed by atoms with Crippen LogP contribution in [0.15, 0.2) is 5.38 Å². The minimum absolute atomic E-state index is 0.0622. The van der Waals surface area contributed by atoms with Crippen molar-refractivity contribution in [2.45, 2.75) is 27.2 Å². The quantitative estimate of drug-likeness (QED) is 0.715. The van der Waals surface area contributed by atoms with Gasteiger partial charge in [0.25, 0.3) is 0 Å². The van der Waals surface area contributed by atoms with E-state index in [1.807, 2.05) is 0 Å². The van der Waals surface area contributed by atoms with E-state index in [4.69, 9.17) is 5.26 Å². The van der Waals surface area contributed by atoms with Crippen LogP contribution in [0.5, 0.6) is 0 Å². The van der Waals surface area contributed by atoms with E-state index in [-0.39, 0.29) is 5.78 Å². The molecular formula is C11H13NOS. The zero-order valence-electron chi connectivity index (χ0n) is 8.63. The molecule has 0 aliphatic rings. The summed E-state index contributed by atoms with van der Waals surface area (Å²) in [6.45, 7) is 5.72. The smallest absolute Gasteiger partial charge is 0.170 e. The zero-order valence-corrected chi connectivity index (χ0v) is 9.44. The van der Waals surface area contributed by atoms with Crippen molar-refractivity contribution >= 4 is 17.1 Å². The minimum Gasteiger partial charge on any atom is -0.294 e. The van der Waals surface area contributed by atoms with Gasteiger partial charge in [0, 0.05) is 5.38 Å². The maximum absolute atomic E-state index is 11.3. The van der Waals surface area contributed by atoms with Crippen molar-refractivity contribution in [1.82, 2.24) is 0 Å². The summed E-state index contributed by atoms with van der Waals surface area (Å²) in [6.07, 6.45) is 0.807. The van der Waals surface area contributed by atoms with Crippen molar-refractivity contribution in [2.24, 2.45) is 5.92 Å². The Morgan fingerprint density at radius 2 is 2.29 bits per heavy atom. The molecule has 0 saturated heterocycles. The minimum atomic E-state index is 0.0622. The predicted octanol–water partition coefficient (Wildman–Crippen LogP) is 3.02. The molecule has 0 atom stereocenters. The highest BCUT2D eigenvalue weighted by molar-refractivity contribution is 7.12. The Balaban J connectivity index is 3.14. The van der Waals surface area contributed by atoms with E-state index in [9.17, 15) is 4.79 Å². The molecule has 0 aliphatic heterocycles. The molecule has 2 nitrogen and oxygen atoms in total. The highest BCUT2D eigenvalue weighted by Gasteiger charge is 2.15. The van der Waals surface area contributed by atoms with E-state index in [2.05, 4.69) is 19.9 Å². The van der Waals surface area contributed by atoms with Gasteiger partial charge in [-0.25, -0.2) is 0 Å². The van der Waals surface area contributed by atoms with E-state index >= 15 is 0 Å². The SMILES string of the molecule is CC(=O)c1scc(C#N)c1CC(C)C. The third-order valence-corrected chi connectivity index (χ3v) is 3.07. The van der Waals surface area contributed by atoms with E-state index < -0.39 is 0 Å². The summed E-state index contributed by atoms with van der Waals surface area (Å²) in [5.74, 6) is 0.530. The van der Waals surface area contributed by atoms with Crippen LogP contribution in [0.1, 0.15) is 41.6 Å². The highest BCUT2D eigenvalue weighted by atomic mass is 32.1. The first-order chi connectivity index (χ1) is 6.56. The topological polar surface area (TPSA) is 40.9 Å². The summed E-state index contributed by atoms with van der Waals surface area (Å²) in [4.78, 5) is 12.0. The summed E-state index contributed by atoms with van der Waals surface area (Å²) in [5.41, 5.74) is 1.59. The Morgan fingerprint density at radius 1 is 1.64 bits per heavy atom. The molecule has 0 spiro atoms. The molecule has 0 saturated carbocycles. The summed E-state index contributed by atoms with van der Waals surface area (Å²) >= 11 is 1.38. The molecular weight excluding hydrogens is 194 g/mol. The first-order valence-electron chi connectivity index (χ1n) is 4.57. The first kappa shape index (κ1) is 10.9. The molecule has 0 N–H and O–H groups in total. The molecule has 0 unspecified atom stereocenters. The number of nitriles is 1. The second-order valence-electron chi connectivity index (χ2n) is 3.72. The zero-order chi connectivity index (χ0) is 10.7. The van der Waals surface area contributed by atoms with Gasteiger partial charge in [0.1, 0.15) is 6.07 Å². The average molecular weight is 207 g/mol. The molecule has 1 aromatic heterocycles. The highest BCUT2D eigenvalue weighted by Crippen LogP contribution is 2.25. The molecule has 0 aliphatic carbocycles. The Bertz CT molecular complexity index is 384. The lowest BCUT2D eigenvalue weighted by atomic mass is 9.99. The fraction of sp³-hybridized carbons (Fsp3) is 0.455. The summed E-state index contributed by atoms with van der Waals surface area (Å²) < 4.78 is 0. The Kier molecular flexibility index (Phi) is 3.43. The van der Waals surface area contributed by atoms with Crippen LogP contribution in [-0.4, -0.2) is 5.78 Å². The number of nitrogens with zero attached hydrogens (tertiary/aromatic N) is 1. The van der Waals surface area contributed by atoms with Crippen LogP contribution < -0.4 is 0 Å². The molecule has 0 aromatic carbocycles. The molecule has 0 amide bonds. The molecule has 1 heterocycles. The number of carbonyl (C=O) groups excluding carboxylic acids is 1. The summed E-state index contributed by atoms with van der Waals surface area (Å²) in [7, 11) is 0. The molecule has 3 heteroatoms. The van der Waals surface area contributed by atoms with Crippen molar-refractivity contribution in [1.29, 1.82) is 5.26 Å². The Hall–Kier alpha value is -1.14. The number of rotatable bonds is 3. The second kappa shape index (κ2) is 4.39. The van der Waals surface area contributed by atoms with Crippen molar-refractivity contribution in [3.8, 4) is 6.07 Å². The number of ketones is 1. The molecule has 74 valence electrons. The van der Waals surface area contributed by atoms with Gasteiger partial charge in [0.05, 0.1) is 10.4 Å². The maximum atomic E-state index is 11.3. The molecule has 1 aromatic rings. The third-order valence-electron chi connectivity index (χ3n) is 1.95. The number of Topliss-reactive ketones (excluding diaryl/α,β-unsaturated/α-hetero) is 1. The van der Waals surface area contributed by atoms with Crippen LogP contribution in [0.25, 0.3) is 0 Å². The number of hydrogen-bond donors (Lipinski definition) is 0. The predicted molar refractivity (Wildman–Crippen MR) is 57.6 cm³/mol. The van der Waals surface area contributed by atoms with Gasteiger partial charge in [-0.2, -0.15) is 5.26 Å². The van der Waals surface area contributed by atoms with Gasteiger partial charge in [0.15, 0.2) is 5.78 Å². The van der Waals surface area contributed by atoms with Gasteiger partial charge in [-0.05, 0) is 24.8 Å². The first-order valence-corrected chi connectivity index (χ1v) is 5.45. The lowest BCUT2D eigenvalue weighted by Crippen LogP contribution is -2.01. The molecule has 0 bridgehead atoms. The third kappa shape index (κ3) is 2.21. The molecule has 0 fully saturated rings. The van der Waals surface area contributed by atoms with Gasteiger partial charge >= 0.3 is 0 Å². The van der Waals surface area contributed by atoms with E-state index in [0.717, 1.165) is 16.9 Å². The molecule has 0 radical (unpaired) electrons. The summed E-state index contributed by atoms with van der Waals surface area (Å²) in [5, 5.41) is 10.6. The standard InChI is InChI=1S/C11H13NOS/c1-7(2)4-10-9(5-12)6-14-11(10)8(3)13/h6-7H,4H2,1-3H3. The fourth-order valence-corrected chi connectivity index (χ4v) is 2.31. The van der Waals surface area contributed by atoms with Crippen LogP contribution in [0.4, 0.5) is 0 Å². The van der Waals surface area contributed by atoms with Gasteiger partial charge < -0.3 is 0 Å². The Morgan fingerprint density at radius 3 is 2.71 bits per heavy atom. The summed E-state index contributed by atoms with van der Waals surface area (Å²) in [6, 6.07) is 2.13. The van der Waals surface area contributed by atoms with Crippen LogP contribution in [0, 0.1) is 17.2 Å². The van der Waals surface area contributed by atoms with Crippen molar-refractivity contribution in [3.05, 3.63) is 21.4 Å². The maximum Gasteiger partial charge on any atom is 0.170 e. The largest absolute Gasteiger partial charge is 0.294 e. The number of thiophene rings is 1. The van der Waals surface area contributed by atoms with Gasteiger partial charge in [-0.15, -0.1) is 11.3 Å². The van der Waals surface area contributed by atoms with Crippen LogP contribution in [0.2, 0.25) is 0 Å². The van der Waals surface area contributed by atoms with E-state index in [0.29, 0.717) is 11.5 Å². The van der Waals surface area contributed by atoms with Crippen molar-refractivity contribution in [2.75, 3.05) is 0 Å². The van der Waals surface area contributed by atoms with Gasteiger partial charge in [0.2, 0.25) is 0 Å². The number of hydrogen-bond acceptors (Lipinski definition) is 3. The normalized spacial score (nSPS) is 10.2. The van der Waals surface area contributed by atoms with Gasteiger partial charge in [-0.1, -0.05) is 13.8 Å². The average Bonchev–Trinajstić information content (AvgIpc) is 2.46. The molecule has 1 rings (SSSR count). The lowest BCUT2D eigenvalue weighted by Gasteiger charge is -2.04. The van der Waals surface area contributed by atoms with Crippen LogP contribution in [-0.2, 0) is 6.42 Å². The van der Waals surface area contributed by atoms with Crippen LogP contribution >= 0.6 is 11.3 Å². The monoisotopic (exact) mass is 207 g/mol. The van der Waals surface area contributed by atoms with Crippen LogP contribution in [0.3, 0.4) is 0 Å². The lowest BCUT2D eigenvalue weighted by molar-refractivity contribution is 0.102. The van der Waals surface area contributed by atoms with Crippen molar-refractivity contribution < 1.29 is 4.79 Å². The Labute approximate surface area is 88.2 Å². The second-order valence-corrected chi connectivity index (χ2v) is 4.60. The molecule has 14 heavy (non-hydrogen) atoms. The number of carbonyl (C=O) groups is 1.